The Hall–Kier alpha value is -0.920. The van der Waals surface area contributed by atoms with Gasteiger partial charge >= 0.3 is 0 Å². The molecule has 7 heteroatoms. The number of halogens is 1. The van der Waals surface area contributed by atoms with Crippen LogP contribution in [0.3, 0.4) is 0 Å². The Labute approximate surface area is 118 Å². The predicted molar refractivity (Wildman–Crippen MR) is 73.8 cm³/mol. The molecule has 0 bridgehead atoms. The number of likely N-dealkylation sites (N-methyl/N-ethyl adjacent to an activating group) is 1. The highest BCUT2D eigenvalue weighted by Crippen LogP contribution is 2.22. The number of hydrogen-bond donors (Lipinski definition) is 2. The van der Waals surface area contributed by atoms with Gasteiger partial charge in [-0.05, 0) is 22.0 Å². The number of thiophene rings is 1. The van der Waals surface area contributed by atoms with Gasteiger partial charge in [0.15, 0.2) is 0 Å². The molecule has 98 valence electrons. The van der Waals surface area contributed by atoms with Crippen LogP contribution >= 0.6 is 27.3 Å². The van der Waals surface area contributed by atoms with Crippen molar-refractivity contribution in [3.05, 3.63) is 20.8 Å². The fourth-order valence-corrected chi connectivity index (χ4v) is 3.07. The Morgan fingerprint density at radius 3 is 3.00 bits per heavy atom. The van der Waals surface area contributed by atoms with Crippen LogP contribution in [0.2, 0.25) is 0 Å². The Bertz CT molecular complexity index is 463. The van der Waals surface area contributed by atoms with Gasteiger partial charge < -0.3 is 15.5 Å². The van der Waals surface area contributed by atoms with Gasteiger partial charge in [0.05, 0.1) is 9.35 Å². The van der Waals surface area contributed by atoms with E-state index in [9.17, 15) is 9.59 Å². The van der Waals surface area contributed by atoms with E-state index < -0.39 is 6.04 Å². The van der Waals surface area contributed by atoms with Crippen LogP contribution in [0, 0.1) is 0 Å². The fraction of sp³-hybridized carbons (Fsp3) is 0.455. The molecule has 0 spiro atoms. The molecule has 1 aromatic heterocycles. The van der Waals surface area contributed by atoms with Crippen molar-refractivity contribution in [2.75, 3.05) is 26.7 Å². The van der Waals surface area contributed by atoms with Crippen molar-refractivity contribution in [3.8, 4) is 0 Å². The van der Waals surface area contributed by atoms with Crippen molar-refractivity contribution in [1.29, 1.82) is 0 Å². The Balaban J connectivity index is 2.18. The molecule has 2 N–H and O–H groups in total. The van der Waals surface area contributed by atoms with Crippen LogP contribution in [0.1, 0.15) is 10.4 Å². The van der Waals surface area contributed by atoms with Gasteiger partial charge in [0.2, 0.25) is 5.91 Å². The van der Waals surface area contributed by atoms with Crippen molar-refractivity contribution in [1.82, 2.24) is 15.5 Å². The molecule has 0 radical (unpaired) electrons. The van der Waals surface area contributed by atoms with E-state index in [4.69, 9.17) is 0 Å². The molecular formula is C11H14BrN3O2S. The molecule has 1 unspecified atom stereocenters. The number of nitrogens with zero attached hydrogens (tertiary/aromatic N) is 1. The van der Waals surface area contributed by atoms with Crippen molar-refractivity contribution < 1.29 is 9.59 Å². The second-order valence-electron chi connectivity index (χ2n) is 3.97. The summed E-state index contributed by atoms with van der Waals surface area (Å²) >= 11 is 4.80. The zero-order chi connectivity index (χ0) is 13.1. The van der Waals surface area contributed by atoms with Crippen molar-refractivity contribution in [2.45, 2.75) is 6.04 Å². The molecular weight excluding hydrogens is 318 g/mol. The van der Waals surface area contributed by atoms with Gasteiger partial charge in [-0.25, -0.2) is 0 Å². The first kappa shape index (κ1) is 13.5. The molecule has 2 rings (SSSR count). The first-order chi connectivity index (χ1) is 8.63. The molecule has 0 aliphatic carbocycles. The highest BCUT2D eigenvalue weighted by molar-refractivity contribution is 9.11. The molecule has 5 nitrogen and oxygen atoms in total. The number of amides is 2. The zero-order valence-corrected chi connectivity index (χ0v) is 12.3. The lowest BCUT2D eigenvalue weighted by molar-refractivity contribution is -0.125. The summed E-state index contributed by atoms with van der Waals surface area (Å²) < 4.78 is 0.914. The van der Waals surface area contributed by atoms with E-state index in [2.05, 4.69) is 26.6 Å². The highest BCUT2D eigenvalue weighted by atomic mass is 79.9. The maximum absolute atomic E-state index is 12.3. The Morgan fingerprint density at radius 2 is 2.39 bits per heavy atom. The third kappa shape index (κ3) is 2.73. The van der Waals surface area contributed by atoms with Gasteiger partial charge in [-0.1, -0.05) is 0 Å². The van der Waals surface area contributed by atoms with E-state index in [0.29, 0.717) is 25.2 Å². The second-order valence-corrected chi connectivity index (χ2v) is 6.26. The number of carbonyl (C=O) groups is 2. The summed E-state index contributed by atoms with van der Waals surface area (Å²) in [6.07, 6.45) is 0. The zero-order valence-electron chi connectivity index (χ0n) is 9.90. The van der Waals surface area contributed by atoms with Gasteiger partial charge in [0.25, 0.3) is 5.91 Å². The number of hydrogen-bond acceptors (Lipinski definition) is 4. The van der Waals surface area contributed by atoms with Gasteiger partial charge in [-0.3, -0.25) is 9.59 Å². The van der Waals surface area contributed by atoms with Crippen molar-refractivity contribution in [3.63, 3.8) is 0 Å². The summed E-state index contributed by atoms with van der Waals surface area (Å²) in [5.74, 6) is -0.225. The van der Waals surface area contributed by atoms with Crippen molar-refractivity contribution in [2.24, 2.45) is 0 Å². The van der Waals surface area contributed by atoms with Gasteiger partial charge in [0.1, 0.15) is 6.04 Å². The molecule has 1 aromatic rings. The normalized spacial score (nSPS) is 19.7. The Kier molecular flexibility index (Phi) is 4.36. The smallest absolute Gasteiger partial charge is 0.255 e. The summed E-state index contributed by atoms with van der Waals surface area (Å²) in [7, 11) is 1.58. The highest BCUT2D eigenvalue weighted by Gasteiger charge is 2.32. The minimum absolute atomic E-state index is 0.0907. The number of nitrogens with one attached hydrogen (secondary N) is 2. The third-order valence-electron chi connectivity index (χ3n) is 2.87. The predicted octanol–water partition coefficient (Wildman–Crippen LogP) is 0.671. The van der Waals surface area contributed by atoms with Gasteiger partial charge in [-0.15, -0.1) is 11.3 Å². The lowest BCUT2D eigenvalue weighted by atomic mass is 10.1. The molecule has 1 saturated heterocycles. The lowest BCUT2D eigenvalue weighted by Gasteiger charge is -2.34. The molecule has 1 atom stereocenters. The maximum atomic E-state index is 12.3. The van der Waals surface area contributed by atoms with Gasteiger partial charge in [0, 0.05) is 32.1 Å². The van der Waals surface area contributed by atoms with Crippen LogP contribution < -0.4 is 10.6 Å². The van der Waals surface area contributed by atoms with Crippen molar-refractivity contribution >= 4 is 39.1 Å². The third-order valence-corrected chi connectivity index (χ3v) is 4.37. The van der Waals surface area contributed by atoms with E-state index >= 15 is 0 Å². The topological polar surface area (TPSA) is 61.4 Å². The maximum Gasteiger partial charge on any atom is 0.255 e. The standard InChI is InChI=1S/C11H14BrN3O2S/c1-13-10(16)8-5-14-2-3-15(8)11(17)7-4-9(12)18-6-7/h4,6,8,14H,2-3,5H2,1H3,(H,13,16). The van der Waals surface area contributed by atoms with Crippen LogP contribution in [0.5, 0.6) is 0 Å². The van der Waals surface area contributed by atoms with Crippen LogP contribution in [0.15, 0.2) is 15.2 Å². The van der Waals surface area contributed by atoms with E-state index in [1.54, 1.807) is 23.4 Å². The number of piperazine rings is 1. The molecule has 1 aliphatic heterocycles. The number of carbonyl (C=O) groups excluding carboxylic acids is 2. The van der Waals surface area contributed by atoms with Gasteiger partial charge in [-0.2, -0.15) is 0 Å². The van der Waals surface area contributed by atoms with Crippen LogP contribution in [0.4, 0.5) is 0 Å². The summed E-state index contributed by atoms with van der Waals surface area (Å²) in [6, 6.07) is 1.35. The van der Waals surface area contributed by atoms with Crippen LogP contribution in [-0.2, 0) is 4.79 Å². The number of rotatable bonds is 2. The quantitative estimate of drug-likeness (QED) is 0.837. The summed E-state index contributed by atoms with van der Waals surface area (Å²) in [5, 5.41) is 7.53. The van der Waals surface area contributed by atoms with Crippen LogP contribution in [0.25, 0.3) is 0 Å². The lowest BCUT2D eigenvalue weighted by Crippen LogP contribution is -2.59. The monoisotopic (exact) mass is 331 g/mol. The van der Waals surface area contributed by atoms with E-state index in [1.165, 1.54) is 11.3 Å². The molecule has 1 fully saturated rings. The SMILES string of the molecule is CNC(=O)C1CNCCN1C(=O)c1csc(Br)c1. The average Bonchev–Trinajstić information content (AvgIpc) is 2.83. The molecule has 2 amide bonds. The molecule has 2 heterocycles. The Morgan fingerprint density at radius 1 is 1.61 bits per heavy atom. The molecule has 0 aromatic carbocycles. The largest absolute Gasteiger partial charge is 0.357 e. The van der Waals surface area contributed by atoms with E-state index in [0.717, 1.165) is 3.79 Å². The summed E-state index contributed by atoms with van der Waals surface area (Å²) in [6.45, 7) is 1.76. The first-order valence-electron chi connectivity index (χ1n) is 5.61. The van der Waals surface area contributed by atoms with E-state index in [-0.39, 0.29) is 11.8 Å². The summed E-state index contributed by atoms with van der Waals surface area (Å²) in [4.78, 5) is 25.7. The second kappa shape index (κ2) is 5.81. The first-order valence-corrected chi connectivity index (χ1v) is 7.28. The fourth-order valence-electron chi connectivity index (χ4n) is 1.94. The average molecular weight is 332 g/mol. The molecule has 18 heavy (non-hydrogen) atoms. The van der Waals surface area contributed by atoms with E-state index in [1.807, 2.05) is 0 Å². The summed E-state index contributed by atoms with van der Waals surface area (Å²) in [5.41, 5.74) is 0.627. The minimum atomic E-state index is -0.435. The molecule has 0 saturated carbocycles. The molecule has 1 aliphatic rings. The minimum Gasteiger partial charge on any atom is -0.357 e. The van der Waals surface area contributed by atoms with Crippen LogP contribution in [-0.4, -0.2) is 49.4 Å².